The van der Waals surface area contributed by atoms with Crippen LogP contribution >= 0.6 is 15.9 Å². The fraction of sp³-hybridized carbons (Fsp3) is 0.533. The fourth-order valence-electron chi connectivity index (χ4n) is 1.87. The van der Waals surface area contributed by atoms with E-state index in [1.807, 2.05) is 18.2 Å². The number of halogens is 1. The van der Waals surface area contributed by atoms with Crippen LogP contribution in [0.2, 0.25) is 0 Å². The Morgan fingerprint density at radius 1 is 1.22 bits per heavy atom. The average molecular weight is 313 g/mol. The molecule has 0 aromatic heterocycles. The Kier molecular flexibility index (Phi) is 7.02. The summed E-state index contributed by atoms with van der Waals surface area (Å²) < 4.78 is 5.98. The number of hydrogen-bond donors (Lipinski definition) is 0. The Morgan fingerprint density at radius 3 is 2.56 bits per heavy atom. The van der Waals surface area contributed by atoms with Crippen molar-refractivity contribution in [3.63, 3.8) is 0 Å². The van der Waals surface area contributed by atoms with Gasteiger partial charge in [0.1, 0.15) is 5.75 Å². The molecule has 0 aliphatic heterocycles. The zero-order valence-electron chi connectivity index (χ0n) is 11.2. The quantitative estimate of drug-likeness (QED) is 0.498. The Labute approximate surface area is 118 Å². The zero-order chi connectivity index (χ0) is 13.4. The van der Waals surface area contributed by atoms with Gasteiger partial charge in [0.2, 0.25) is 0 Å². The summed E-state index contributed by atoms with van der Waals surface area (Å²) in [5.74, 6) is 0.976. The summed E-state index contributed by atoms with van der Waals surface area (Å²) in [7, 11) is 1.62. The molecule has 2 nitrogen and oxygen atoms in total. The molecule has 0 amide bonds. The van der Waals surface area contributed by atoms with Gasteiger partial charge in [-0.25, -0.2) is 0 Å². The minimum atomic E-state index is 0.217. The van der Waals surface area contributed by atoms with Crippen molar-refractivity contribution in [2.45, 2.75) is 45.4 Å². The van der Waals surface area contributed by atoms with E-state index in [1.54, 1.807) is 7.11 Å². The van der Waals surface area contributed by atoms with Gasteiger partial charge in [0.05, 0.1) is 11.6 Å². The lowest BCUT2D eigenvalue weighted by atomic mass is 10.0. The topological polar surface area (TPSA) is 26.3 Å². The number of carbonyl (C=O) groups excluding carboxylic acids is 1. The highest BCUT2D eigenvalue weighted by molar-refractivity contribution is 9.10. The van der Waals surface area contributed by atoms with Crippen molar-refractivity contribution in [2.75, 3.05) is 7.11 Å². The molecule has 1 aromatic carbocycles. The third kappa shape index (κ3) is 4.81. The molecule has 0 fully saturated rings. The number of ether oxygens (including phenoxy) is 1. The molecule has 0 aliphatic carbocycles. The van der Waals surface area contributed by atoms with Gasteiger partial charge in [0.25, 0.3) is 0 Å². The maximum absolute atomic E-state index is 12.0. The van der Waals surface area contributed by atoms with E-state index in [9.17, 15) is 4.79 Å². The molecule has 18 heavy (non-hydrogen) atoms. The number of unbranched alkanes of at least 4 members (excludes halogenated alkanes) is 4. The van der Waals surface area contributed by atoms with Crippen molar-refractivity contribution in [2.24, 2.45) is 0 Å². The normalized spacial score (nSPS) is 10.4. The first-order chi connectivity index (χ1) is 8.69. The molecule has 1 rings (SSSR count). The lowest BCUT2D eigenvalue weighted by molar-refractivity contribution is 0.0979. The van der Waals surface area contributed by atoms with Crippen LogP contribution in [0.4, 0.5) is 0 Å². The van der Waals surface area contributed by atoms with E-state index in [4.69, 9.17) is 4.74 Å². The molecule has 0 saturated carbocycles. The number of benzene rings is 1. The minimum Gasteiger partial charge on any atom is -0.496 e. The van der Waals surface area contributed by atoms with Crippen LogP contribution in [0.3, 0.4) is 0 Å². The van der Waals surface area contributed by atoms with Crippen molar-refractivity contribution in [3.8, 4) is 5.75 Å². The van der Waals surface area contributed by atoms with Crippen molar-refractivity contribution in [1.29, 1.82) is 0 Å². The molecule has 100 valence electrons. The second kappa shape index (κ2) is 8.30. The van der Waals surface area contributed by atoms with Gasteiger partial charge in [0, 0.05) is 12.0 Å². The summed E-state index contributed by atoms with van der Waals surface area (Å²) >= 11 is 3.40. The van der Waals surface area contributed by atoms with Gasteiger partial charge in [-0.3, -0.25) is 4.79 Å². The maximum atomic E-state index is 12.0. The van der Waals surface area contributed by atoms with Gasteiger partial charge >= 0.3 is 0 Å². The molecule has 0 atom stereocenters. The third-order valence-corrected chi connectivity index (χ3v) is 3.60. The first-order valence-corrected chi connectivity index (χ1v) is 7.35. The van der Waals surface area contributed by atoms with Crippen LogP contribution in [-0.2, 0) is 0 Å². The lowest BCUT2D eigenvalue weighted by Gasteiger charge is -2.06. The molecule has 3 heteroatoms. The number of rotatable bonds is 8. The predicted molar refractivity (Wildman–Crippen MR) is 78.4 cm³/mol. The highest BCUT2D eigenvalue weighted by atomic mass is 79.9. The van der Waals surface area contributed by atoms with Crippen LogP contribution in [0.25, 0.3) is 0 Å². The molecular weight excluding hydrogens is 292 g/mol. The van der Waals surface area contributed by atoms with Crippen LogP contribution in [0.15, 0.2) is 22.7 Å². The molecule has 0 aliphatic rings. The minimum absolute atomic E-state index is 0.217. The summed E-state index contributed by atoms with van der Waals surface area (Å²) in [6.07, 6.45) is 6.51. The number of ketones is 1. The van der Waals surface area contributed by atoms with Gasteiger partial charge in [-0.1, -0.05) is 32.6 Å². The summed E-state index contributed by atoms with van der Waals surface area (Å²) in [6, 6.07) is 5.50. The Bertz CT molecular complexity index is 388. The first-order valence-electron chi connectivity index (χ1n) is 6.55. The van der Waals surface area contributed by atoms with Gasteiger partial charge in [-0.2, -0.15) is 0 Å². The van der Waals surface area contributed by atoms with Gasteiger partial charge in [-0.15, -0.1) is 0 Å². The van der Waals surface area contributed by atoms with E-state index in [2.05, 4.69) is 22.9 Å². The van der Waals surface area contributed by atoms with Gasteiger partial charge < -0.3 is 4.74 Å². The standard InChI is InChI=1S/C15H21BrO2/c1-3-4-5-6-7-8-14(17)12-9-10-15(18-2)13(16)11-12/h9-11H,3-8H2,1-2H3. The number of carbonyl (C=O) groups is 1. The number of methoxy groups -OCH3 is 1. The first kappa shape index (κ1) is 15.2. The number of hydrogen-bond acceptors (Lipinski definition) is 2. The van der Waals surface area contributed by atoms with Gasteiger partial charge in [-0.05, 0) is 40.5 Å². The van der Waals surface area contributed by atoms with E-state index >= 15 is 0 Å². The average Bonchev–Trinajstić information content (AvgIpc) is 2.38. The van der Waals surface area contributed by atoms with E-state index in [1.165, 1.54) is 19.3 Å². The number of Topliss-reactive ketones (excluding diaryl/α,β-unsaturated/α-hetero) is 1. The second-order valence-corrected chi connectivity index (χ2v) is 5.29. The summed E-state index contributed by atoms with van der Waals surface area (Å²) in [6.45, 7) is 2.19. The smallest absolute Gasteiger partial charge is 0.162 e. The zero-order valence-corrected chi connectivity index (χ0v) is 12.8. The van der Waals surface area contributed by atoms with E-state index in [-0.39, 0.29) is 5.78 Å². The van der Waals surface area contributed by atoms with Crippen LogP contribution in [0.1, 0.15) is 55.8 Å². The monoisotopic (exact) mass is 312 g/mol. The summed E-state index contributed by atoms with van der Waals surface area (Å²) in [4.78, 5) is 12.0. The Hall–Kier alpha value is -0.830. The molecule has 0 heterocycles. The Morgan fingerprint density at radius 2 is 1.94 bits per heavy atom. The van der Waals surface area contributed by atoms with E-state index in [0.29, 0.717) is 6.42 Å². The van der Waals surface area contributed by atoms with Crippen LogP contribution < -0.4 is 4.74 Å². The molecule has 0 radical (unpaired) electrons. The highest BCUT2D eigenvalue weighted by Gasteiger charge is 2.08. The molecule has 0 saturated heterocycles. The highest BCUT2D eigenvalue weighted by Crippen LogP contribution is 2.26. The molecule has 1 aromatic rings. The molecule has 0 bridgehead atoms. The van der Waals surface area contributed by atoms with Gasteiger partial charge in [0.15, 0.2) is 5.78 Å². The van der Waals surface area contributed by atoms with Crippen molar-refractivity contribution in [3.05, 3.63) is 28.2 Å². The SMILES string of the molecule is CCCCCCCC(=O)c1ccc(OC)c(Br)c1. The molecule has 0 unspecified atom stereocenters. The van der Waals surface area contributed by atoms with Crippen LogP contribution in [0, 0.1) is 0 Å². The van der Waals surface area contributed by atoms with Crippen LogP contribution in [0.5, 0.6) is 5.75 Å². The largest absolute Gasteiger partial charge is 0.496 e. The van der Waals surface area contributed by atoms with E-state index < -0.39 is 0 Å². The second-order valence-electron chi connectivity index (χ2n) is 4.44. The summed E-state index contributed by atoms with van der Waals surface area (Å²) in [5.41, 5.74) is 0.762. The fourth-order valence-corrected chi connectivity index (χ4v) is 2.41. The lowest BCUT2D eigenvalue weighted by Crippen LogP contribution is -1.99. The third-order valence-electron chi connectivity index (χ3n) is 2.98. The van der Waals surface area contributed by atoms with E-state index in [0.717, 1.165) is 28.6 Å². The molecule has 0 spiro atoms. The van der Waals surface area contributed by atoms with Crippen molar-refractivity contribution in [1.82, 2.24) is 0 Å². The summed E-state index contributed by atoms with van der Waals surface area (Å²) in [5, 5.41) is 0. The Balaban J connectivity index is 2.44. The predicted octanol–water partition coefficient (Wildman–Crippen LogP) is 5.00. The van der Waals surface area contributed by atoms with Crippen molar-refractivity contribution < 1.29 is 9.53 Å². The molecular formula is C15H21BrO2. The van der Waals surface area contributed by atoms with Crippen molar-refractivity contribution >= 4 is 21.7 Å². The maximum Gasteiger partial charge on any atom is 0.162 e. The molecule has 0 N–H and O–H groups in total. The van der Waals surface area contributed by atoms with Crippen LogP contribution in [-0.4, -0.2) is 12.9 Å².